The predicted octanol–water partition coefficient (Wildman–Crippen LogP) is 3.31. The van der Waals surface area contributed by atoms with Crippen LogP contribution in [0.3, 0.4) is 0 Å². The number of rotatable bonds is 4. The molecule has 4 rings (SSSR count). The third-order valence-electron chi connectivity index (χ3n) is 4.36. The molecule has 0 unspecified atom stereocenters. The lowest BCUT2D eigenvalue weighted by molar-refractivity contribution is 0.677. The standard InChI is InChI=1S/C20H14Cl2N4O2/c21-15-5-6-17(22)14(9-15)12-25-8-2-4-16-18(25)24-20(28)26(19(16)27)11-13-3-1-7-23-10-13/h1-10H,11-12H2. The van der Waals surface area contributed by atoms with Crippen molar-refractivity contribution in [3.05, 3.63) is 103 Å². The van der Waals surface area contributed by atoms with Gasteiger partial charge >= 0.3 is 5.69 Å². The molecule has 0 saturated heterocycles. The highest BCUT2D eigenvalue weighted by molar-refractivity contribution is 6.33. The van der Waals surface area contributed by atoms with Gasteiger partial charge in [-0.15, -0.1) is 0 Å². The summed E-state index contributed by atoms with van der Waals surface area (Å²) >= 11 is 12.3. The van der Waals surface area contributed by atoms with Crippen molar-refractivity contribution in [1.29, 1.82) is 0 Å². The average molecular weight is 413 g/mol. The third-order valence-corrected chi connectivity index (χ3v) is 4.97. The van der Waals surface area contributed by atoms with Gasteiger partial charge in [0, 0.05) is 28.6 Å². The van der Waals surface area contributed by atoms with Crippen LogP contribution in [0.15, 0.2) is 70.6 Å². The molecule has 1 aromatic carbocycles. The Morgan fingerprint density at radius 1 is 1.00 bits per heavy atom. The van der Waals surface area contributed by atoms with Crippen molar-refractivity contribution in [3.63, 3.8) is 0 Å². The van der Waals surface area contributed by atoms with E-state index >= 15 is 0 Å². The molecule has 2 aliphatic rings. The quantitative estimate of drug-likeness (QED) is 0.515. The zero-order valence-corrected chi connectivity index (χ0v) is 16.1. The highest BCUT2D eigenvalue weighted by Gasteiger charge is 2.18. The molecule has 0 fully saturated rings. The molecule has 0 saturated carbocycles. The number of hydrogen-bond donors (Lipinski definition) is 0. The molecule has 2 aromatic rings. The van der Waals surface area contributed by atoms with Gasteiger partial charge in [0.2, 0.25) is 0 Å². The lowest BCUT2D eigenvalue weighted by atomic mass is 10.2. The number of pyridine rings is 2. The highest BCUT2D eigenvalue weighted by atomic mass is 35.5. The molecule has 8 heteroatoms. The van der Waals surface area contributed by atoms with E-state index in [4.69, 9.17) is 23.2 Å². The molecule has 0 radical (unpaired) electrons. The SMILES string of the molecule is O=c1nc2n(Cc3cc(Cl)ccc3Cl)cccc-2c(=O)n1Cc1cccnc1. The van der Waals surface area contributed by atoms with Crippen LogP contribution in [-0.2, 0) is 13.1 Å². The maximum atomic E-state index is 12.9. The largest absolute Gasteiger partial charge is 0.352 e. The Kier molecular flexibility index (Phi) is 4.98. The van der Waals surface area contributed by atoms with E-state index in [9.17, 15) is 9.59 Å². The van der Waals surface area contributed by atoms with Crippen molar-refractivity contribution in [3.8, 4) is 11.4 Å². The van der Waals surface area contributed by atoms with Crippen molar-refractivity contribution >= 4 is 23.2 Å². The molecule has 0 aliphatic carbocycles. The van der Waals surface area contributed by atoms with Gasteiger partial charge < -0.3 is 4.57 Å². The summed E-state index contributed by atoms with van der Waals surface area (Å²) < 4.78 is 2.82. The topological polar surface area (TPSA) is 69.8 Å². The second-order valence-corrected chi connectivity index (χ2v) is 7.10. The molecule has 0 atom stereocenters. The van der Waals surface area contributed by atoms with Crippen molar-refractivity contribution in [2.45, 2.75) is 13.1 Å². The second kappa shape index (κ2) is 7.58. The third kappa shape index (κ3) is 3.56. The summed E-state index contributed by atoms with van der Waals surface area (Å²) in [6, 6.07) is 12.1. The number of halogens is 2. The van der Waals surface area contributed by atoms with Crippen LogP contribution in [0.2, 0.25) is 10.0 Å². The van der Waals surface area contributed by atoms with E-state index in [1.807, 2.05) is 0 Å². The minimum absolute atomic E-state index is 0.115. The van der Waals surface area contributed by atoms with Crippen molar-refractivity contribution in [2.75, 3.05) is 0 Å². The van der Waals surface area contributed by atoms with Crippen molar-refractivity contribution in [1.82, 2.24) is 19.1 Å². The summed E-state index contributed by atoms with van der Waals surface area (Å²) in [5.41, 5.74) is 0.853. The Hall–Kier alpha value is -2.96. The maximum Gasteiger partial charge on any atom is 0.352 e. The Balaban J connectivity index is 1.80. The summed E-state index contributed by atoms with van der Waals surface area (Å²) in [6.07, 6.45) is 4.99. The number of aromatic nitrogens is 4. The Morgan fingerprint density at radius 3 is 2.64 bits per heavy atom. The number of benzene rings is 1. The van der Waals surface area contributed by atoms with Gasteiger partial charge in [-0.3, -0.25) is 14.3 Å². The fraction of sp³-hybridized carbons (Fsp3) is 0.100. The first-order valence-corrected chi connectivity index (χ1v) is 9.21. The van der Waals surface area contributed by atoms with E-state index in [-0.39, 0.29) is 6.54 Å². The van der Waals surface area contributed by atoms with Gasteiger partial charge in [-0.25, -0.2) is 4.79 Å². The van der Waals surface area contributed by atoms with E-state index in [2.05, 4.69) is 9.97 Å². The molecular formula is C20H14Cl2N4O2. The number of nitrogens with zero attached hydrogens (tertiary/aromatic N) is 4. The fourth-order valence-electron chi connectivity index (χ4n) is 3.01. The van der Waals surface area contributed by atoms with Crippen LogP contribution in [0, 0.1) is 0 Å². The molecule has 0 N–H and O–H groups in total. The molecule has 1 aromatic heterocycles. The molecule has 6 nitrogen and oxygen atoms in total. The van der Waals surface area contributed by atoms with Gasteiger partial charge in [-0.05, 0) is 47.5 Å². The van der Waals surface area contributed by atoms with Gasteiger partial charge in [-0.1, -0.05) is 29.3 Å². The molecule has 28 heavy (non-hydrogen) atoms. The Bertz CT molecular complexity index is 1240. The summed E-state index contributed by atoms with van der Waals surface area (Å²) in [7, 11) is 0. The molecule has 2 aliphatic heterocycles. The molecule has 3 heterocycles. The summed E-state index contributed by atoms with van der Waals surface area (Å²) in [4.78, 5) is 33.6. The van der Waals surface area contributed by atoms with Crippen LogP contribution >= 0.6 is 23.2 Å². The molecule has 140 valence electrons. The smallest absolute Gasteiger partial charge is 0.328 e. The van der Waals surface area contributed by atoms with Crippen LogP contribution in [0.5, 0.6) is 0 Å². The number of fused-ring (bicyclic) bond motifs is 1. The van der Waals surface area contributed by atoms with E-state index in [1.54, 1.807) is 65.6 Å². The van der Waals surface area contributed by atoms with E-state index in [1.165, 1.54) is 0 Å². The first-order valence-electron chi connectivity index (χ1n) is 8.46. The van der Waals surface area contributed by atoms with E-state index in [0.29, 0.717) is 28.0 Å². The predicted molar refractivity (Wildman–Crippen MR) is 108 cm³/mol. The summed E-state index contributed by atoms with van der Waals surface area (Å²) in [6.45, 7) is 0.443. The lowest BCUT2D eigenvalue weighted by Gasteiger charge is -2.16. The highest BCUT2D eigenvalue weighted by Crippen LogP contribution is 2.23. The van der Waals surface area contributed by atoms with Gasteiger partial charge in [0.15, 0.2) is 5.82 Å². The van der Waals surface area contributed by atoms with E-state index in [0.717, 1.165) is 15.7 Å². The maximum absolute atomic E-state index is 12.9. The van der Waals surface area contributed by atoms with Crippen LogP contribution < -0.4 is 11.2 Å². The average Bonchev–Trinajstić information content (AvgIpc) is 2.69. The van der Waals surface area contributed by atoms with Crippen LogP contribution in [0.4, 0.5) is 0 Å². The Morgan fingerprint density at radius 2 is 1.86 bits per heavy atom. The zero-order chi connectivity index (χ0) is 19.7. The fourth-order valence-corrected chi connectivity index (χ4v) is 3.38. The van der Waals surface area contributed by atoms with Gasteiger partial charge in [0.25, 0.3) is 5.56 Å². The second-order valence-electron chi connectivity index (χ2n) is 6.26. The minimum atomic E-state index is -0.613. The molecule has 0 amide bonds. The minimum Gasteiger partial charge on any atom is -0.328 e. The first-order chi connectivity index (χ1) is 13.5. The van der Waals surface area contributed by atoms with Crippen LogP contribution in [0.25, 0.3) is 11.4 Å². The normalized spacial score (nSPS) is 11.1. The van der Waals surface area contributed by atoms with Crippen LogP contribution in [0.1, 0.15) is 11.1 Å². The monoisotopic (exact) mass is 412 g/mol. The van der Waals surface area contributed by atoms with Gasteiger partial charge in [-0.2, -0.15) is 4.98 Å². The van der Waals surface area contributed by atoms with Crippen LogP contribution in [-0.4, -0.2) is 19.1 Å². The van der Waals surface area contributed by atoms with Crippen molar-refractivity contribution < 1.29 is 0 Å². The molecule has 0 spiro atoms. The summed E-state index contributed by atoms with van der Waals surface area (Å²) in [5.74, 6) is 0.302. The Labute approximate surface area is 170 Å². The van der Waals surface area contributed by atoms with Gasteiger partial charge in [0.1, 0.15) is 0 Å². The first kappa shape index (κ1) is 18.4. The number of hydrogen-bond acceptors (Lipinski definition) is 4. The zero-order valence-electron chi connectivity index (χ0n) is 14.5. The van der Waals surface area contributed by atoms with E-state index < -0.39 is 11.2 Å². The van der Waals surface area contributed by atoms with Crippen molar-refractivity contribution in [2.24, 2.45) is 0 Å². The summed E-state index contributed by atoms with van der Waals surface area (Å²) in [5, 5.41) is 1.10. The van der Waals surface area contributed by atoms with Gasteiger partial charge in [0.05, 0.1) is 18.7 Å². The molecular weight excluding hydrogens is 399 g/mol. The molecule has 0 bridgehead atoms. The lowest BCUT2D eigenvalue weighted by Crippen LogP contribution is -2.38.